The van der Waals surface area contributed by atoms with Crippen LogP contribution in [0.15, 0.2) is 30.5 Å². The van der Waals surface area contributed by atoms with E-state index < -0.39 is 12.8 Å². The highest BCUT2D eigenvalue weighted by Gasteiger charge is 2.29. The molecule has 0 bridgehead atoms. The molecule has 0 atom stereocenters. The fourth-order valence-electron chi connectivity index (χ4n) is 2.53. The molecule has 2 rings (SSSR count). The van der Waals surface area contributed by atoms with Crippen LogP contribution in [0.3, 0.4) is 0 Å². The number of hydrogen-bond donors (Lipinski definition) is 1. The average Bonchev–Trinajstić information content (AvgIpc) is 3.09. The minimum atomic E-state index is -4.43. The van der Waals surface area contributed by atoms with E-state index in [0.717, 1.165) is 24.9 Å². The Hall–Kier alpha value is -2.71. The number of benzene rings is 1. The Morgan fingerprint density at radius 1 is 1.25 bits per heavy atom. The van der Waals surface area contributed by atoms with Crippen molar-refractivity contribution >= 4 is 11.7 Å². The van der Waals surface area contributed by atoms with Crippen LogP contribution in [0.25, 0.3) is 0 Å². The molecule has 1 N–H and O–H groups in total. The summed E-state index contributed by atoms with van der Waals surface area (Å²) in [7, 11) is 1.35. The number of carbonyl (C=O) groups is 1. The van der Waals surface area contributed by atoms with E-state index in [2.05, 4.69) is 17.3 Å². The maximum absolute atomic E-state index is 12.3. The summed E-state index contributed by atoms with van der Waals surface area (Å²) in [4.78, 5) is 12.2. The van der Waals surface area contributed by atoms with Gasteiger partial charge < -0.3 is 14.8 Å². The monoisotopic (exact) mass is 399 g/mol. The molecular weight excluding hydrogens is 375 g/mol. The molecule has 28 heavy (non-hydrogen) atoms. The number of nitrogens with one attached hydrogen (secondary N) is 1. The number of unbranched alkanes of at least 4 members (excludes halogenated alkanes) is 1. The van der Waals surface area contributed by atoms with Crippen molar-refractivity contribution in [1.29, 1.82) is 0 Å². The van der Waals surface area contributed by atoms with E-state index in [1.165, 1.54) is 13.2 Å². The van der Waals surface area contributed by atoms with Crippen LogP contribution in [-0.4, -0.2) is 35.6 Å². The SMILES string of the molecule is CCCCn1nccc1NC(=O)CCc1ccc(OCC(F)(F)F)c(OC)c1. The number of anilines is 1. The summed E-state index contributed by atoms with van der Waals surface area (Å²) in [6.45, 7) is 1.42. The van der Waals surface area contributed by atoms with Gasteiger partial charge in [-0.1, -0.05) is 19.4 Å². The Labute approximate surface area is 161 Å². The van der Waals surface area contributed by atoms with Crippen molar-refractivity contribution in [3.63, 3.8) is 0 Å². The van der Waals surface area contributed by atoms with Gasteiger partial charge in [0.1, 0.15) is 5.82 Å². The molecule has 0 saturated heterocycles. The number of amides is 1. The Morgan fingerprint density at radius 2 is 2.04 bits per heavy atom. The van der Waals surface area contributed by atoms with E-state index in [1.807, 2.05) is 0 Å². The van der Waals surface area contributed by atoms with Gasteiger partial charge in [-0.15, -0.1) is 0 Å². The Balaban J connectivity index is 1.91. The molecule has 1 amide bonds. The molecule has 9 heteroatoms. The molecular formula is C19H24F3N3O3. The van der Waals surface area contributed by atoms with Gasteiger partial charge in [0.15, 0.2) is 18.1 Å². The van der Waals surface area contributed by atoms with Crippen LogP contribution >= 0.6 is 0 Å². The molecule has 0 aliphatic rings. The number of ether oxygens (including phenoxy) is 2. The standard InChI is InChI=1S/C19H24F3N3O3/c1-3-4-11-25-17(9-10-23-25)24-18(26)8-6-14-5-7-15(16(12-14)27-2)28-13-19(20,21)22/h5,7,9-10,12H,3-4,6,8,11,13H2,1-2H3,(H,24,26). The number of rotatable bonds is 10. The number of aromatic nitrogens is 2. The van der Waals surface area contributed by atoms with Gasteiger partial charge in [-0.3, -0.25) is 4.79 Å². The molecule has 1 aromatic carbocycles. The van der Waals surface area contributed by atoms with E-state index in [1.54, 1.807) is 29.1 Å². The molecule has 154 valence electrons. The highest BCUT2D eigenvalue weighted by Crippen LogP contribution is 2.30. The second kappa shape index (κ2) is 10.0. The summed E-state index contributed by atoms with van der Waals surface area (Å²) in [5.74, 6) is 0.675. The lowest BCUT2D eigenvalue weighted by atomic mass is 10.1. The predicted octanol–water partition coefficient (Wildman–Crippen LogP) is 4.20. The van der Waals surface area contributed by atoms with Gasteiger partial charge in [-0.2, -0.15) is 18.3 Å². The minimum Gasteiger partial charge on any atom is -0.493 e. The maximum atomic E-state index is 12.3. The minimum absolute atomic E-state index is 0.00727. The van der Waals surface area contributed by atoms with Gasteiger partial charge in [0.2, 0.25) is 5.91 Å². The molecule has 0 unspecified atom stereocenters. The first-order valence-corrected chi connectivity index (χ1v) is 9.00. The van der Waals surface area contributed by atoms with Crippen molar-refractivity contribution in [2.24, 2.45) is 0 Å². The second-order valence-electron chi connectivity index (χ2n) is 6.23. The van der Waals surface area contributed by atoms with Crippen LogP contribution in [0.1, 0.15) is 31.7 Å². The maximum Gasteiger partial charge on any atom is 0.422 e. The summed E-state index contributed by atoms with van der Waals surface area (Å²) >= 11 is 0. The molecule has 0 fully saturated rings. The lowest BCUT2D eigenvalue weighted by Crippen LogP contribution is -2.19. The van der Waals surface area contributed by atoms with Gasteiger partial charge in [-0.05, 0) is 30.5 Å². The normalized spacial score (nSPS) is 11.3. The molecule has 2 aromatic rings. The fourth-order valence-corrected chi connectivity index (χ4v) is 2.53. The van der Waals surface area contributed by atoms with Crippen LogP contribution in [0.5, 0.6) is 11.5 Å². The zero-order valence-electron chi connectivity index (χ0n) is 15.9. The third kappa shape index (κ3) is 6.79. The number of carbonyl (C=O) groups excluding carboxylic acids is 1. The molecule has 0 saturated carbocycles. The summed E-state index contributed by atoms with van der Waals surface area (Å²) in [6.07, 6.45) is -0.179. The van der Waals surface area contributed by atoms with Crippen molar-refractivity contribution in [2.45, 2.75) is 45.3 Å². The number of halogens is 3. The highest BCUT2D eigenvalue weighted by atomic mass is 19.4. The molecule has 1 aromatic heterocycles. The first kappa shape index (κ1) is 21.6. The van der Waals surface area contributed by atoms with E-state index in [9.17, 15) is 18.0 Å². The topological polar surface area (TPSA) is 65.4 Å². The summed E-state index contributed by atoms with van der Waals surface area (Å²) in [5, 5.41) is 7.01. The molecule has 0 radical (unpaired) electrons. The number of nitrogens with zero attached hydrogens (tertiary/aromatic N) is 2. The van der Waals surface area contributed by atoms with Crippen LogP contribution in [0.4, 0.5) is 19.0 Å². The van der Waals surface area contributed by atoms with Gasteiger partial charge in [0, 0.05) is 19.0 Å². The van der Waals surface area contributed by atoms with Gasteiger partial charge in [-0.25, -0.2) is 4.68 Å². The van der Waals surface area contributed by atoms with Crippen molar-refractivity contribution in [2.75, 3.05) is 19.0 Å². The molecule has 6 nitrogen and oxygen atoms in total. The van der Waals surface area contributed by atoms with E-state index in [4.69, 9.17) is 9.47 Å². The Kier molecular flexibility index (Phi) is 7.71. The molecule has 0 aliphatic carbocycles. The lowest BCUT2D eigenvalue weighted by Gasteiger charge is -2.13. The third-order valence-corrected chi connectivity index (χ3v) is 3.97. The van der Waals surface area contributed by atoms with Crippen LogP contribution in [-0.2, 0) is 17.8 Å². The van der Waals surface area contributed by atoms with E-state index in [0.29, 0.717) is 12.2 Å². The number of methoxy groups -OCH3 is 1. The Bertz CT molecular complexity index is 775. The zero-order chi connectivity index (χ0) is 20.6. The summed E-state index contributed by atoms with van der Waals surface area (Å²) < 4.78 is 48.5. The summed E-state index contributed by atoms with van der Waals surface area (Å²) in [5.41, 5.74) is 0.755. The van der Waals surface area contributed by atoms with Crippen molar-refractivity contribution in [3.05, 3.63) is 36.0 Å². The second-order valence-corrected chi connectivity index (χ2v) is 6.23. The average molecular weight is 399 g/mol. The number of alkyl halides is 3. The fraction of sp³-hybridized carbons (Fsp3) is 0.474. The van der Waals surface area contributed by atoms with E-state index >= 15 is 0 Å². The zero-order valence-corrected chi connectivity index (χ0v) is 15.9. The first-order valence-electron chi connectivity index (χ1n) is 9.00. The molecule has 0 aliphatic heterocycles. The van der Waals surface area contributed by atoms with Gasteiger partial charge >= 0.3 is 6.18 Å². The van der Waals surface area contributed by atoms with Gasteiger partial charge in [0.25, 0.3) is 0 Å². The number of aryl methyl sites for hydroxylation is 2. The lowest BCUT2D eigenvalue weighted by molar-refractivity contribution is -0.153. The summed E-state index contributed by atoms with van der Waals surface area (Å²) in [6, 6.07) is 6.35. The largest absolute Gasteiger partial charge is 0.493 e. The van der Waals surface area contributed by atoms with Crippen molar-refractivity contribution < 1.29 is 27.4 Å². The predicted molar refractivity (Wildman–Crippen MR) is 98.6 cm³/mol. The molecule has 1 heterocycles. The van der Waals surface area contributed by atoms with Gasteiger partial charge in [0.05, 0.1) is 13.3 Å². The highest BCUT2D eigenvalue weighted by molar-refractivity contribution is 5.89. The van der Waals surface area contributed by atoms with Crippen molar-refractivity contribution in [3.8, 4) is 11.5 Å². The molecule has 0 spiro atoms. The Morgan fingerprint density at radius 3 is 2.71 bits per heavy atom. The van der Waals surface area contributed by atoms with Crippen LogP contribution in [0, 0.1) is 0 Å². The number of hydrogen-bond acceptors (Lipinski definition) is 4. The van der Waals surface area contributed by atoms with Crippen LogP contribution < -0.4 is 14.8 Å². The van der Waals surface area contributed by atoms with E-state index in [-0.39, 0.29) is 23.8 Å². The smallest absolute Gasteiger partial charge is 0.422 e. The third-order valence-electron chi connectivity index (χ3n) is 3.97. The van der Waals surface area contributed by atoms with Crippen molar-refractivity contribution in [1.82, 2.24) is 9.78 Å². The quantitative estimate of drug-likeness (QED) is 0.650. The van der Waals surface area contributed by atoms with Crippen LogP contribution in [0.2, 0.25) is 0 Å². The first-order chi connectivity index (χ1) is 13.3.